The molecule has 21 heavy (non-hydrogen) atoms. The Bertz CT molecular complexity index is 612. The molecular weight excluding hydrogens is 351 g/mol. The fraction of sp³-hybridized carbons (Fsp3) is 0.438. The van der Waals surface area contributed by atoms with E-state index in [1.54, 1.807) is 23.5 Å². The van der Waals surface area contributed by atoms with Gasteiger partial charge in [-0.2, -0.15) is 0 Å². The van der Waals surface area contributed by atoms with Crippen molar-refractivity contribution < 1.29 is 4.39 Å². The average Bonchev–Trinajstić information content (AvgIpc) is 2.84. The summed E-state index contributed by atoms with van der Waals surface area (Å²) in [6.45, 7) is 7.19. The number of hydrogen-bond donors (Lipinski definition) is 1. The van der Waals surface area contributed by atoms with Gasteiger partial charge in [-0.3, -0.25) is 0 Å². The van der Waals surface area contributed by atoms with E-state index in [0.29, 0.717) is 0 Å². The molecule has 0 aliphatic carbocycles. The van der Waals surface area contributed by atoms with Crippen molar-refractivity contribution in [3.8, 4) is 0 Å². The van der Waals surface area contributed by atoms with Crippen LogP contribution in [0.4, 0.5) is 4.39 Å². The summed E-state index contributed by atoms with van der Waals surface area (Å²) in [4.78, 5) is 5.98. The van der Waals surface area contributed by atoms with Crippen molar-refractivity contribution in [1.29, 1.82) is 0 Å². The quantitative estimate of drug-likeness (QED) is 0.773. The van der Waals surface area contributed by atoms with Crippen LogP contribution in [-0.4, -0.2) is 11.5 Å². The first-order valence-electron chi connectivity index (χ1n) is 7.21. The van der Waals surface area contributed by atoms with E-state index in [0.717, 1.165) is 40.1 Å². The van der Waals surface area contributed by atoms with Gasteiger partial charge in [0.25, 0.3) is 0 Å². The summed E-state index contributed by atoms with van der Waals surface area (Å²) >= 11 is 5.22. The lowest BCUT2D eigenvalue weighted by Gasteiger charge is -2.18. The van der Waals surface area contributed by atoms with E-state index >= 15 is 0 Å². The molecule has 1 atom stereocenters. The maximum Gasteiger partial charge on any atom is 0.123 e. The molecule has 1 unspecified atom stereocenters. The average molecular weight is 371 g/mol. The number of thiazole rings is 1. The van der Waals surface area contributed by atoms with Gasteiger partial charge in [0.05, 0.1) is 11.7 Å². The highest BCUT2D eigenvalue weighted by molar-refractivity contribution is 9.10. The minimum atomic E-state index is -0.222. The molecule has 0 spiro atoms. The van der Waals surface area contributed by atoms with Crippen LogP contribution in [0.2, 0.25) is 0 Å². The number of nitrogens with zero attached hydrogens (tertiary/aromatic N) is 1. The van der Waals surface area contributed by atoms with Gasteiger partial charge in [-0.05, 0) is 50.1 Å². The van der Waals surface area contributed by atoms with Gasteiger partial charge in [0.1, 0.15) is 10.8 Å². The number of nitrogens with one attached hydrogen (secondary N) is 1. The number of benzene rings is 1. The molecule has 114 valence electrons. The molecule has 0 fully saturated rings. The zero-order chi connectivity index (χ0) is 15.4. The van der Waals surface area contributed by atoms with Gasteiger partial charge in [0.2, 0.25) is 0 Å². The number of aryl methyl sites for hydroxylation is 2. The largest absolute Gasteiger partial charge is 0.304 e. The lowest BCUT2D eigenvalue weighted by molar-refractivity contribution is 0.580. The molecule has 1 N–H and O–H groups in total. The maximum atomic E-state index is 13.6. The van der Waals surface area contributed by atoms with Crippen LogP contribution in [0.3, 0.4) is 0 Å². The molecule has 2 aromatic rings. The van der Waals surface area contributed by atoms with Crippen LogP contribution in [0.5, 0.6) is 0 Å². The van der Waals surface area contributed by atoms with Crippen molar-refractivity contribution in [2.24, 2.45) is 0 Å². The van der Waals surface area contributed by atoms with Gasteiger partial charge in [-0.15, -0.1) is 11.3 Å². The number of rotatable bonds is 6. The Morgan fingerprint density at radius 1 is 1.38 bits per heavy atom. The normalized spacial score (nSPS) is 12.6. The first-order chi connectivity index (χ1) is 10.1. The van der Waals surface area contributed by atoms with Crippen molar-refractivity contribution in [2.75, 3.05) is 6.54 Å². The van der Waals surface area contributed by atoms with E-state index in [1.807, 2.05) is 0 Å². The summed E-state index contributed by atoms with van der Waals surface area (Å²) in [6, 6.07) is 4.74. The summed E-state index contributed by atoms with van der Waals surface area (Å²) in [5, 5.41) is 4.49. The minimum absolute atomic E-state index is 0.0703. The Morgan fingerprint density at radius 2 is 2.14 bits per heavy atom. The Labute approximate surface area is 137 Å². The highest BCUT2D eigenvalue weighted by Crippen LogP contribution is 2.33. The molecule has 0 bridgehead atoms. The Hall–Kier alpha value is -0.780. The summed E-state index contributed by atoms with van der Waals surface area (Å²) in [7, 11) is 0. The number of hydrogen-bond acceptors (Lipinski definition) is 3. The van der Waals surface area contributed by atoms with Crippen LogP contribution in [0.25, 0.3) is 0 Å². The Kier molecular flexibility index (Phi) is 5.90. The Balaban J connectivity index is 2.44. The fourth-order valence-corrected chi connectivity index (χ4v) is 3.84. The van der Waals surface area contributed by atoms with Crippen LogP contribution in [0.1, 0.15) is 47.5 Å². The van der Waals surface area contributed by atoms with Gasteiger partial charge in [0, 0.05) is 9.35 Å². The van der Waals surface area contributed by atoms with E-state index in [9.17, 15) is 4.39 Å². The van der Waals surface area contributed by atoms with Crippen LogP contribution in [0.15, 0.2) is 22.7 Å². The third-order valence-corrected chi connectivity index (χ3v) is 5.16. The van der Waals surface area contributed by atoms with Crippen LogP contribution < -0.4 is 5.32 Å². The summed E-state index contributed by atoms with van der Waals surface area (Å²) in [6.07, 6.45) is 1.95. The molecular formula is C16H20BrFN2S. The number of aromatic nitrogens is 1. The van der Waals surface area contributed by atoms with Crippen LogP contribution in [0, 0.1) is 12.7 Å². The fourth-order valence-electron chi connectivity index (χ4n) is 2.26. The van der Waals surface area contributed by atoms with Crippen molar-refractivity contribution in [1.82, 2.24) is 10.3 Å². The van der Waals surface area contributed by atoms with Crippen molar-refractivity contribution in [3.63, 3.8) is 0 Å². The van der Waals surface area contributed by atoms with E-state index in [2.05, 4.69) is 42.0 Å². The zero-order valence-electron chi connectivity index (χ0n) is 12.5. The molecule has 0 saturated heterocycles. The molecule has 1 aromatic heterocycles. The molecule has 0 radical (unpaired) electrons. The lowest BCUT2D eigenvalue weighted by atomic mass is 10.1. The summed E-state index contributed by atoms with van der Waals surface area (Å²) in [5.74, 6) is -0.222. The second kappa shape index (κ2) is 7.47. The van der Waals surface area contributed by atoms with Gasteiger partial charge in [-0.1, -0.05) is 29.8 Å². The van der Waals surface area contributed by atoms with Crippen LogP contribution in [-0.2, 0) is 6.42 Å². The van der Waals surface area contributed by atoms with Gasteiger partial charge >= 0.3 is 0 Å². The molecule has 2 rings (SSSR count). The van der Waals surface area contributed by atoms with E-state index in [-0.39, 0.29) is 11.9 Å². The second-order valence-corrected chi connectivity index (χ2v) is 7.05. The summed E-state index contributed by atoms with van der Waals surface area (Å²) in [5.41, 5.74) is 2.03. The molecule has 0 aliphatic heterocycles. The van der Waals surface area contributed by atoms with E-state index < -0.39 is 0 Å². The van der Waals surface area contributed by atoms with Crippen molar-refractivity contribution in [3.05, 3.63) is 49.6 Å². The highest BCUT2D eigenvalue weighted by Gasteiger charge is 2.21. The Morgan fingerprint density at radius 3 is 2.76 bits per heavy atom. The highest BCUT2D eigenvalue weighted by atomic mass is 79.9. The summed E-state index contributed by atoms with van der Waals surface area (Å²) < 4.78 is 14.5. The number of halogens is 2. The SMILES string of the molecule is CCCNC(c1nc(CC)c(C)s1)c1cc(F)ccc1Br. The standard InChI is InChI=1S/C16H20BrFN2S/c1-4-8-19-15(12-9-11(18)6-7-13(12)17)16-20-14(5-2)10(3)21-16/h6-7,9,15,19H,4-5,8H2,1-3H3. The first-order valence-corrected chi connectivity index (χ1v) is 8.82. The first kappa shape index (κ1) is 16.6. The van der Waals surface area contributed by atoms with Crippen molar-refractivity contribution >= 4 is 27.3 Å². The molecule has 0 saturated carbocycles. The topological polar surface area (TPSA) is 24.9 Å². The lowest BCUT2D eigenvalue weighted by Crippen LogP contribution is -2.23. The predicted molar refractivity (Wildman–Crippen MR) is 90.5 cm³/mol. The third-order valence-electron chi connectivity index (χ3n) is 3.36. The van der Waals surface area contributed by atoms with E-state index in [4.69, 9.17) is 4.98 Å². The molecule has 0 amide bonds. The maximum absolute atomic E-state index is 13.6. The predicted octanol–water partition coefficient (Wildman–Crippen LogP) is 5.00. The third kappa shape index (κ3) is 3.90. The van der Waals surface area contributed by atoms with Crippen LogP contribution >= 0.6 is 27.3 Å². The van der Waals surface area contributed by atoms with Gasteiger partial charge in [-0.25, -0.2) is 9.37 Å². The zero-order valence-corrected chi connectivity index (χ0v) is 14.9. The smallest absolute Gasteiger partial charge is 0.123 e. The second-order valence-electron chi connectivity index (χ2n) is 4.96. The molecule has 2 nitrogen and oxygen atoms in total. The molecule has 1 aromatic carbocycles. The van der Waals surface area contributed by atoms with Gasteiger partial charge in [0.15, 0.2) is 0 Å². The molecule has 1 heterocycles. The molecule has 0 aliphatic rings. The minimum Gasteiger partial charge on any atom is -0.304 e. The van der Waals surface area contributed by atoms with Gasteiger partial charge < -0.3 is 5.32 Å². The van der Waals surface area contributed by atoms with E-state index in [1.165, 1.54) is 10.9 Å². The van der Waals surface area contributed by atoms with Crippen molar-refractivity contribution in [2.45, 2.75) is 39.7 Å². The molecule has 5 heteroatoms. The monoisotopic (exact) mass is 370 g/mol.